The van der Waals surface area contributed by atoms with Crippen LogP contribution in [0.4, 0.5) is 0 Å². The Kier molecular flexibility index (Phi) is 6.47. The Morgan fingerprint density at radius 2 is 1.65 bits per heavy atom. The van der Waals surface area contributed by atoms with E-state index in [1.54, 1.807) is 48.1 Å². The summed E-state index contributed by atoms with van der Waals surface area (Å²) in [6.45, 7) is 3.24. The second kappa shape index (κ2) is 9.27. The van der Waals surface area contributed by atoms with Crippen LogP contribution in [0, 0.1) is 0 Å². The Morgan fingerprint density at radius 1 is 0.968 bits per heavy atom. The van der Waals surface area contributed by atoms with Gasteiger partial charge in [0, 0.05) is 33.3 Å². The summed E-state index contributed by atoms with van der Waals surface area (Å²) in [4.78, 5) is 20.2. The zero-order valence-corrected chi connectivity index (χ0v) is 18.3. The minimum Gasteiger partial charge on any atom is -0.383 e. The molecule has 1 aliphatic rings. The number of benzene rings is 2. The summed E-state index contributed by atoms with van der Waals surface area (Å²) in [6.07, 6.45) is 0. The summed E-state index contributed by atoms with van der Waals surface area (Å²) < 4.78 is 34.1. The number of nitrogens with zero attached hydrogens (tertiary/aromatic N) is 4. The van der Waals surface area contributed by atoms with E-state index in [1.165, 1.54) is 4.31 Å². The summed E-state index contributed by atoms with van der Waals surface area (Å²) >= 11 is 0. The molecule has 164 valence electrons. The maximum atomic E-state index is 13.0. The average molecular weight is 443 g/mol. The summed E-state index contributed by atoms with van der Waals surface area (Å²) in [5.74, 6) is 0.667. The van der Waals surface area contributed by atoms with E-state index < -0.39 is 10.0 Å². The van der Waals surface area contributed by atoms with Crippen LogP contribution in [0.2, 0.25) is 0 Å². The predicted molar refractivity (Wildman–Crippen MR) is 118 cm³/mol. The van der Waals surface area contributed by atoms with Gasteiger partial charge in [-0.1, -0.05) is 30.3 Å². The molecule has 0 bridgehead atoms. The predicted octanol–water partition coefficient (Wildman–Crippen LogP) is 1.55. The standard InChI is InChI=1S/C22H26N4O4S/c1-30-16-15-26-21(23-20-10-6-5-9-19(20)22(26)27)17-24-11-13-25(14-12-24)31(28,29)18-7-3-2-4-8-18/h2-10H,11-17H2,1H3. The quantitative estimate of drug-likeness (QED) is 0.552. The van der Waals surface area contributed by atoms with Crippen molar-refractivity contribution in [2.45, 2.75) is 18.0 Å². The number of aromatic nitrogens is 2. The van der Waals surface area contributed by atoms with Crippen molar-refractivity contribution in [3.05, 3.63) is 70.8 Å². The van der Waals surface area contributed by atoms with Crippen LogP contribution in [0.1, 0.15) is 5.82 Å². The van der Waals surface area contributed by atoms with Gasteiger partial charge in [0.25, 0.3) is 5.56 Å². The number of hydrogen-bond acceptors (Lipinski definition) is 6. The molecule has 1 fully saturated rings. The molecule has 0 spiro atoms. The van der Waals surface area contributed by atoms with Crippen LogP contribution in [0.3, 0.4) is 0 Å². The van der Waals surface area contributed by atoms with Crippen molar-refractivity contribution in [3.8, 4) is 0 Å². The summed E-state index contributed by atoms with van der Waals surface area (Å²) in [6, 6.07) is 15.8. The van der Waals surface area contributed by atoms with E-state index in [-0.39, 0.29) is 5.56 Å². The number of sulfonamides is 1. The molecule has 0 N–H and O–H groups in total. The summed E-state index contributed by atoms with van der Waals surface area (Å²) in [7, 11) is -1.89. The van der Waals surface area contributed by atoms with Crippen LogP contribution < -0.4 is 5.56 Å². The number of ether oxygens (including phenoxy) is 1. The van der Waals surface area contributed by atoms with Gasteiger partial charge in [-0.25, -0.2) is 13.4 Å². The first kappa shape index (κ1) is 21.6. The molecule has 1 aromatic heterocycles. The van der Waals surface area contributed by atoms with E-state index >= 15 is 0 Å². The number of fused-ring (bicyclic) bond motifs is 1. The molecule has 0 atom stereocenters. The van der Waals surface area contributed by atoms with Gasteiger partial charge in [-0.2, -0.15) is 4.31 Å². The molecule has 0 aliphatic carbocycles. The van der Waals surface area contributed by atoms with Gasteiger partial charge in [-0.05, 0) is 24.3 Å². The van der Waals surface area contributed by atoms with Crippen molar-refractivity contribution in [3.63, 3.8) is 0 Å². The molecule has 8 nitrogen and oxygen atoms in total. The smallest absolute Gasteiger partial charge is 0.261 e. The molecule has 3 aromatic rings. The van der Waals surface area contributed by atoms with E-state index in [0.29, 0.717) is 67.5 Å². The topological polar surface area (TPSA) is 84.7 Å². The van der Waals surface area contributed by atoms with Crippen molar-refractivity contribution in [2.24, 2.45) is 0 Å². The molecular weight excluding hydrogens is 416 g/mol. The third-order valence-electron chi connectivity index (χ3n) is 5.54. The van der Waals surface area contributed by atoms with Gasteiger partial charge >= 0.3 is 0 Å². The number of rotatable bonds is 7. The van der Waals surface area contributed by atoms with Crippen LogP contribution in [-0.2, 0) is 27.8 Å². The first-order valence-corrected chi connectivity index (χ1v) is 11.7. The number of para-hydroxylation sites is 1. The fraction of sp³-hybridized carbons (Fsp3) is 0.364. The van der Waals surface area contributed by atoms with E-state index in [9.17, 15) is 13.2 Å². The molecule has 0 radical (unpaired) electrons. The minimum atomic E-state index is -3.49. The van der Waals surface area contributed by atoms with Crippen molar-refractivity contribution in [1.29, 1.82) is 0 Å². The van der Waals surface area contributed by atoms with Crippen molar-refractivity contribution < 1.29 is 13.2 Å². The maximum absolute atomic E-state index is 13.0. The SMILES string of the molecule is COCCn1c(CN2CCN(S(=O)(=O)c3ccccc3)CC2)nc2ccccc2c1=O. The molecule has 9 heteroatoms. The van der Waals surface area contributed by atoms with Crippen molar-refractivity contribution in [1.82, 2.24) is 18.8 Å². The van der Waals surface area contributed by atoms with E-state index in [0.717, 1.165) is 0 Å². The Labute approximate surface area is 181 Å². The molecule has 0 saturated carbocycles. The van der Waals surface area contributed by atoms with Gasteiger partial charge in [0.1, 0.15) is 5.82 Å². The van der Waals surface area contributed by atoms with Crippen LogP contribution in [-0.4, -0.2) is 67.1 Å². The van der Waals surface area contributed by atoms with Crippen LogP contribution in [0.25, 0.3) is 10.9 Å². The van der Waals surface area contributed by atoms with Gasteiger partial charge in [0.05, 0.1) is 35.5 Å². The zero-order chi connectivity index (χ0) is 21.8. The first-order valence-electron chi connectivity index (χ1n) is 10.3. The lowest BCUT2D eigenvalue weighted by Crippen LogP contribution is -2.48. The van der Waals surface area contributed by atoms with Gasteiger partial charge in [0.2, 0.25) is 10.0 Å². The molecule has 0 amide bonds. The highest BCUT2D eigenvalue weighted by atomic mass is 32.2. The summed E-state index contributed by atoms with van der Waals surface area (Å²) in [5.41, 5.74) is 0.587. The molecule has 31 heavy (non-hydrogen) atoms. The Balaban J connectivity index is 1.52. The molecule has 2 heterocycles. The van der Waals surface area contributed by atoms with E-state index in [4.69, 9.17) is 9.72 Å². The largest absolute Gasteiger partial charge is 0.383 e. The van der Waals surface area contributed by atoms with Gasteiger partial charge in [0.15, 0.2) is 0 Å². The minimum absolute atomic E-state index is 0.0806. The van der Waals surface area contributed by atoms with Gasteiger partial charge in [-0.3, -0.25) is 14.3 Å². The molecule has 1 saturated heterocycles. The third-order valence-corrected chi connectivity index (χ3v) is 7.45. The number of piperazine rings is 1. The highest BCUT2D eigenvalue weighted by Gasteiger charge is 2.28. The van der Waals surface area contributed by atoms with Crippen LogP contribution in [0.5, 0.6) is 0 Å². The molecule has 1 aliphatic heterocycles. The molecular formula is C22H26N4O4S. The fourth-order valence-electron chi connectivity index (χ4n) is 3.82. The van der Waals surface area contributed by atoms with E-state index in [1.807, 2.05) is 18.2 Å². The zero-order valence-electron chi connectivity index (χ0n) is 17.5. The van der Waals surface area contributed by atoms with E-state index in [2.05, 4.69) is 4.90 Å². The van der Waals surface area contributed by atoms with Crippen LogP contribution >= 0.6 is 0 Å². The second-order valence-electron chi connectivity index (χ2n) is 7.49. The Morgan fingerprint density at radius 3 is 2.35 bits per heavy atom. The average Bonchev–Trinajstić information content (AvgIpc) is 2.80. The number of hydrogen-bond donors (Lipinski definition) is 0. The molecule has 0 unspecified atom stereocenters. The Bertz CT molecular complexity index is 1200. The molecule has 4 rings (SSSR count). The lowest BCUT2D eigenvalue weighted by Gasteiger charge is -2.34. The fourth-order valence-corrected chi connectivity index (χ4v) is 5.26. The third kappa shape index (κ3) is 4.54. The number of methoxy groups -OCH3 is 1. The van der Waals surface area contributed by atoms with Gasteiger partial charge < -0.3 is 4.74 Å². The maximum Gasteiger partial charge on any atom is 0.261 e. The molecule has 2 aromatic carbocycles. The first-order chi connectivity index (χ1) is 15.0. The Hall–Kier alpha value is -2.59. The monoisotopic (exact) mass is 442 g/mol. The van der Waals surface area contributed by atoms with Crippen molar-refractivity contribution in [2.75, 3.05) is 39.9 Å². The van der Waals surface area contributed by atoms with Gasteiger partial charge in [-0.15, -0.1) is 0 Å². The van der Waals surface area contributed by atoms with Crippen LogP contribution in [0.15, 0.2) is 64.3 Å². The highest BCUT2D eigenvalue weighted by molar-refractivity contribution is 7.89. The lowest BCUT2D eigenvalue weighted by molar-refractivity contribution is 0.166. The lowest BCUT2D eigenvalue weighted by atomic mass is 10.2. The normalized spacial score (nSPS) is 16.0. The second-order valence-corrected chi connectivity index (χ2v) is 9.43. The highest BCUT2D eigenvalue weighted by Crippen LogP contribution is 2.18. The van der Waals surface area contributed by atoms with Crippen molar-refractivity contribution >= 4 is 20.9 Å². The summed E-state index contributed by atoms with van der Waals surface area (Å²) in [5, 5.41) is 0.584.